The molecule has 0 spiro atoms. The standard InChI is InChI=1S/C23H17ClN6O2.C22H15ClN6O2.C22H16ClN5O.C21H15ClN6O2.C17H14N6O/c24-16-6-7-18-17(10-16)22-28-27-20(13-31-12-15-4-2-1-3-5-15)29(22)11-19-21(26-14-30(18)19)23-25-8-9-32-23;23-14-6-7-17-16(10-14)21-27-26-19(12-31-15-4-2-1-3-5-15)28(21)11-18-20(25-13-29(17)18)22-24-8-9-30-22;1-2-18-20-11-27-21(13-29-12-15-6-4-3-5-7-15)25-26-22(27)17-10-16(23)8-9-19(17)28(20)14-24-18;1-29-10-18-25-26-20-13-8-12(22)6-7-15(13)28-11-23-19(16(28)9-27(18)20)21-24-14-4-2-3-5-17(14)30-21;1-10-3-4-12-14(7-10)23-13(11(2)20-21-23)8-15-16(19-9-22(12)15)17-18-5-6-24-17/h1-10,14H,11-13H2;1-10,13H,11-12H2;1,3-10,14H,11-13H2;2-8,11H,9-10H2,1H3;3-7,9H,8H2,1-2H3. The minimum Gasteiger partial charge on any atom is -0.486 e. The largest absolute Gasteiger partial charge is 0.486 e. The van der Waals surface area contributed by atoms with Crippen molar-refractivity contribution in [1.82, 2.24) is 142 Å². The lowest BCUT2D eigenvalue weighted by atomic mass is 10.1. The summed E-state index contributed by atoms with van der Waals surface area (Å²) < 4.78 is 65.8. The Kier molecular flexibility index (Phi) is 24.2. The second-order valence-corrected chi connectivity index (χ2v) is 35.9. The SMILES string of the molecule is C#Cc1ncn2c1Cn1c(COCc3ccccc3)nnc1-c1cc(Cl)ccc1-2.COCc1nnc2n1Cc1c(-c3nc4ccccc4o3)ncn1-c1ccc(Cl)cc1-2.Cc1ccc2c(c1)-n1nnc(C)c1Cc1c(-c3ncco3)ncn1-2.Clc1ccc2c(c1)-c1nnc(COCc3ccccc3)n1Cc1c(-c3ncco3)ncn1-2.Clc1ccc2c(c1)-c1nnc(COc3ccccc3)n1Cc1c(-c3ncco3)ncn1-2. The number of imidazole rings is 5. The van der Waals surface area contributed by atoms with Crippen LogP contribution in [0.15, 0.2) is 293 Å². The highest BCUT2D eigenvalue weighted by molar-refractivity contribution is 6.32. The van der Waals surface area contributed by atoms with Crippen LogP contribution in [0.2, 0.25) is 20.1 Å². The van der Waals surface area contributed by atoms with Gasteiger partial charge in [-0.2, -0.15) is 0 Å². The minimum atomic E-state index is 0.273. The fourth-order valence-corrected chi connectivity index (χ4v) is 19.0. The van der Waals surface area contributed by atoms with E-state index in [0.29, 0.717) is 144 Å². The van der Waals surface area contributed by atoms with Crippen molar-refractivity contribution in [3.63, 3.8) is 0 Å². The molecule has 0 N–H and O–H groups in total. The molecule has 5 aliphatic rings. The van der Waals surface area contributed by atoms with E-state index in [9.17, 15) is 0 Å². The smallest absolute Gasteiger partial charge is 0.248 e. The zero-order valence-electron chi connectivity index (χ0n) is 77.6. The van der Waals surface area contributed by atoms with Gasteiger partial charge >= 0.3 is 0 Å². The molecule has 0 saturated heterocycles. The normalized spacial score (nSPS) is 12.2. The number of halogens is 4. The molecule has 0 atom stereocenters. The number of ether oxygens (including phenoxy) is 4. The number of para-hydroxylation sites is 3. The predicted octanol–water partition coefficient (Wildman–Crippen LogP) is 19.5. The van der Waals surface area contributed by atoms with E-state index in [1.54, 1.807) is 63.5 Å². The van der Waals surface area contributed by atoms with E-state index >= 15 is 0 Å². The molecular formula is C105H77Cl4N29O8. The molecular weight excluding hydrogens is 1940 g/mol. The van der Waals surface area contributed by atoms with Gasteiger partial charge in [-0.1, -0.05) is 149 Å². The molecule has 5 aliphatic heterocycles. The summed E-state index contributed by atoms with van der Waals surface area (Å²) in [6, 6.07) is 66.4. The molecule has 0 amide bonds. The van der Waals surface area contributed by atoms with E-state index in [-0.39, 0.29) is 6.61 Å². The highest BCUT2D eigenvalue weighted by Crippen LogP contribution is 2.44. The third-order valence-corrected chi connectivity index (χ3v) is 26.2. The summed E-state index contributed by atoms with van der Waals surface area (Å²) in [6.45, 7) is 8.24. The Morgan fingerprint density at radius 2 is 0.760 bits per heavy atom. The highest BCUT2D eigenvalue weighted by atomic mass is 35.5. The topological polar surface area (TPSA) is 384 Å². The van der Waals surface area contributed by atoms with Gasteiger partial charge in [-0.05, 0) is 146 Å². The predicted molar refractivity (Wildman–Crippen MR) is 536 cm³/mol. The van der Waals surface area contributed by atoms with Gasteiger partial charge in [-0.25, -0.2) is 49.5 Å². The Morgan fingerprint density at radius 3 is 1.21 bits per heavy atom. The molecule has 718 valence electrons. The maximum absolute atomic E-state index is 6.34. The molecule has 0 saturated carbocycles. The Hall–Kier alpha value is -17.8. The maximum atomic E-state index is 6.34. The molecule has 0 bridgehead atoms. The molecule has 146 heavy (non-hydrogen) atoms. The number of hydrogen-bond donors (Lipinski definition) is 0. The summed E-state index contributed by atoms with van der Waals surface area (Å²) in [5.41, 5.74) is 24.0. The molecule has 28 rings (SSSR count). The van der Waals surface area contributed by atoms with Crippen molar-refractivity contribution in [2.75, 3.05) is 7.11 Å². The lowest BCUT2D eigenvalue weighted by Gasteiger charge is -2.10. The summed E-state index contributed by atoms with van der Waals surface area (Å²) >= 11 is 25.2. The van der Waals surface area contributed by atoms with Gasteiger partial charge in [0.05, 0.1) is 132 Å². The first-order valence-electron chi connectivity index (χ1n) is 45.9. The number of oxazole rings is 4. The number of hydrogen-bond acceptors (Lipinski definition) is 27. The van der Waals surface area contributed by atoms with E-state index in [2.05, 4.69) is 132 Å². The fraction of sp³-hybridized carbons (Fsp3) is 0.133. The van der Waals surface area contributed by atoms with Gasteiger partial charge in [-0.3, -0.25) is 22.8 Å². The zero-order valence-corrected chi connectivity index (χ0v) is 80.6. The van der Waals surface area contributed by atoms with E-state index in [1.807, 2.05) is 243 Å². The van der Waals surface area contributed by atoms with Crippen molar-refractivity contribution < 1.29 is 36.6 Å². The Balaban J connectivity index is 0.0000000981. The molecule has 41 heteroatoms. The van der Waals surface area contributed by atoms with Crippen molar-refractivity contribution in [2.24, 2.45) is 0 Å². The number of methoxy groups -OCH3 is 1. The molecule has 14 aromatic heterocycles. The summed E-state index contributed by atoms with van der Waals surface area (Å²) in [7, 11) is 1.64. The molecule has 23 aromatic rings. The van der Waals surface area contributed by atoms with Crippen molar-refractivity contribution >= 4 is 57.5 Å². The monoisotopic (exact) mass is 2010 g/mol. The molecule has 0 aliphatic carbocycles. The lowest BCUT2D eigenvalue weighted by molar-refractivity contribution is 0.0993. The lowest BCUT2D eigenvalue weighted by Crippen LogP contribution is -2.10. The van der Waals surface area contributed by atoms with E-state index in [1.165, 1.54) is 11.8 Å². The molecule has 0 unspecified atom stereocenters. The average molecular weight is 2010 g/mol. The van der Waals surface area contributed by atoms with Crippen LogP contribution < -0.4 is 4.74 Å². The fourth-order valence-electron chi connectivity index (χ4n) is 18.3. The van der Waals surface area contributed by atoms with Gasteiger partial charge < -0.3 is 54.9 Å². The first kappa shape index (κ1) is 90.8. The average Bonchev–Trinajstić information content (AvgIpc) is 1.61. The molecule has 0 radical (unpaired) electrons. The molecule has 37 nitrogen and oxygen atoms in total. The van der Waals surface area contributed by atoms with Gasteiger partial charge in [0.1, 0.15) is 117 Å². The first-order valence-corrected chi connectivity index (χ1v) is 47.4. The van der Waals surface area contributed by atoms with Crippen molar-refractivity contribution in [3.8, 4) is 144 Å². The number of aryl methyl sites for hydroxylation is 2. The van der Waals surface area contributed by atoms with Crippen LogP contribution in [0.1, 0.15) is 85.5 Å². The Labute approximate surface area is 848 Å². The van der Waals surface area contributed by atoms with E-state index in [4.69, 9.17) is 89.4 Å². The highest BCUT2D eigenvalue weighted by Gasteiger charge is 2.35. The van der Waals surface area contributed by atoms with Crippen LogP contribution >= 0.6 is 46.4 Å². The second-order valence-electron chi connectivity index (χ2n) is 34.1. The number of fused-ring (bicyclic) bond motifs is 26. The van der Waals surface area contributed by atoms with Crippen LogP contribution in [0.4, 0.5) is 0 Å². The number of rotatable bonds is 17. The summed E-state index contributed by atoms with van der Waals surface area (Å²) in [5.74, 6) is 11.1. The number of aromatic nitrogens is 29. The Bertz CT molecular complexity index is 8790. The van der Waals surface area contributed by atoms with Gasteiger partial charge in [0, 0.05) is 55.9 Å². The maximum Gasteiger partial charge on any atom is 0.248 e. The van der Waals surface area contributed by atoms with Crippen LogP contribution in [0.25, 0.3) is 137 Å². The van der Waals surface area contributed by atoms with E-state index in [0.717, 1.165) is 165 Å². The third-order valence-electron chi connectivity index (χ3n) is 25.2. The Morgan fingerprint density at radius 1 is 0.363 bits per heavy atom. The number of nitrogens with zero attached hydrogens (tertiary/aromatic N) is 29. The van der Waals surface area contributed by atoms with Crippen molar-refractivity contribution in [2.45, 2.75) is 86.1 Å². The quantitative estimate of drug-likeness (QED) is 0.0764. The van der Waals surface area contributed by atoms with Gasteiger partial charge in [-0.15, -0.1) is 52.3 Å². The second kappa shape index (κ2) is 38.9. The van der Waals surface area contributed by atoms with Crippen LogP contribution in [-0.4, -0.2) is 149 Å². The number of terminal acetylenes is 1. The van der Waals surface area contributed by atoms with Crippen molar-refractivity contribution in [3.05, 3.63) is 381 Å². The molecule has 19 heterocycles. The summed E-state index contributed by atoms with van der Waals surface area (Å²) in [4.78, 5) is 40.2. The van der Waals surface area contributed by atoms with Crippen LogP contribution in [0, 0.1) is 26.2 Å². The third kappa shape index (κ3) is 17.2. The summed E-state index contributed by atoms with van der Waals surface area (Å²) in [6.07, 6.45) is 24.7. The zero-order chi connectivity index (χ0) is 98.6. The van der Waals surface area contributed by atoms with Crippen molar-refractivity contribution in [1.29, 1.82) is 0 Å². The van der Waals surface area contributed by atoms with Gasteiger partial charge in [0.2, 0.25) is 23.6 Å². The first-order chi connectivity index (χ1) is 71.7. The van der Waals surface area contributed by atoms with Crippen LogP contribution in [-0.2, 0) is 86.5 Å². The van der Waals surface area contributed by atoms with Crippen LogP contribution in [0.5, 0.6) is 5.75 Å². The van der Waals surface area contributed by atoms with Gasteiger partial charge in [0.15, 0.2) is 52.2 Å². The molecule has 0 fully saturated rings. The summed E-state index contributed by atoms with van der Waals surface area (Å²) in [5, 5.41) is 46.4. The van der Waals surface area contributed by atoms with Gasteiger partial charge in [0.25, 0.3) is 0 Å². The minimum absolute atomic E-state index is 0.273. The van der Waals surface area contributed by atoms with Crippen LogP contribution in [0.3, 0.4) is 0 Å². The number of benzene rings is 9. The van der Waals surface area contributed by atoms with E-state index < -0.39 is 0 Å². The molecule has 9 aromatic carbocycles.